The molecule has 2 aromatic rings. The van der Waals surface area contributed by atoms with E-state index in [0.717, 1.165) is 36.2 Å². The second kappa shape index (κ2) is 8.99. The Bertz CT molecular complexity index is 1010. The minimum Gasteiger partial charge on any atom is -0.457 e. The first kappa shape index (κ1) is 21.8. The predicted molar refractivity (Wildman–Crippen MR) is 118 cm³/mol. The number of ether oxygens (including phenoxy) is 1. The van der Waals surface area contributed by atoms with Gasteiger partial charge in [-0.05, 0) is 57.2 Å². The highest BCUT2D eigenvalue weighted by atomic mass is 35.5. The first-order chi connectivity index (χ1) is 14.8. The molecule has 2 saturated carbocycles. The number of ketones is 2. The van der Waals surface area contributed by atoms with Gasteiger partial charge >= 0.3 is 5.97 Å². The van der Waals surface area contributed by atoms with Crippen LogP contribution in [-0.2, 0) is 20.9 Å². The largest absolute Gasteiger partial charge is 0.457 e. The number of rotatable bonds is 6. The molecule has 31 heavy (non-hydrogen) atoms. The van der Waals surface area contributed by atoms with Gasteiger partial charge in [0.1, 0.15) is 5.78 Å². The third-order valence-corrected chi connectivity index (χ3v) is 7.26. The highest BCUT2D eigenvalue weighted by molar-refractivity contribution is 6.31. The van der Waals surface area contributed by atoms with Crippen molar-refractivity contribution in [3.63, 3.8) is 0 Å². The zero-order chi connectivity index (χ0) is 22.1. The molecule has 0 radical (unpaired) electrons. The Morgan fingerprint density at radius 2 is 1.81 bits per heavy atom. The van der Waals surface area contributed by atoms with E-state index in [9.17, 15) is 14.4 Å². The van der Waals surface area contributed by atoms with Crippen molar-refractivity contribution >= 4 is 29.1 Å². The van der Waals surface area contributed by atoms with Crippen LogP contribution in [0.1, 0.15) is 59.4 Å². The number of Topliss-reactive ketones (excluding diaryl/α,β-unsaturated/α-hetero) is 2. The fraction of sp³-hybridized carbons (Fsp3) is 0.480. The summed E-state index contributed by atoms with van der Waals surface area (Å²) in [5, 5.41) is 0.688. The normalized spacial score (nSPS) is 22.9. The van der Waals surface area contributed by atoms with E-state index in [2.05, 4.69) is 0 Å². The zero-order valence-electron chi connectivity index (χ0n) is 18.0. The van der Waals surface area contributed by atoms with Gasteiger partial charge in [-0.15, -0.1) is 0 Å². The van der Waals surface area contributed by atoms with Crippen LogP contribution in [0.5, 0.6) is 0 Å². The predicted octanol–water partition coefficient (Wildman–Crippen LogP) is 4.93. The number of aryl methyl sites for hydroxylation is 1. The van der Waals surface area contributed by atoms with Gasteiger partial charge in [-0.1, -0.05) is 36.2 Å². The minimum atomic E-state index is -0.345. The first-order valence-electron chi connectivity index (χ1n) is 11.0. The Morgan fingerprint density at radius 1 is 1.13 bits per heavy atom. The molecule has 0 spiro atoms. The Labute approximate surface area is 187 Å². The molecule has 1 heterocycles. The van der Waals surface area contributed by atoms with Crippen LogP contribution in [0.15, 0.2) is 30.3 Å². The van der Waals surface area contributed by atoms with Crippen LogP contribution >= 0.6 is 11.6 Å². The molecule has 0 amide bonds. The Balaban J connectivity index is 1.39. The molecule has 5 nitrogen and oxygen atoms in total. The van der Waals surface area contributed by atoms with E-state index in [1.807, 2.05) is 48.7 Å². The lowest BCUT2D eigenvalue weighted by molar-refractivity contribution is -0.152. The molecule has 6 heteroatoms. The van der Waals surface area contributed by atoms with Crippen molar-refractivity contribution in [2.24, 2.45) is 17.8 Å². The maximum absolute atomic E-state index is 12.8. The van der Waals surface area contributed by atoms with Gasteiger partial charge in [-0.3, -0.25) is 14.4 Å². The lowest BCUT2D eigenvalue weighted by atomic mass is 9.67. The fourth-order valence-corrected chi connectivity index (χ4v) is 5.32. The summed E-state index contributed by atoms with van der Waals surface area (Å²) >= 11 is 6.29. The number of carbonyl (C=O) groups is 3. The molecular weight excluding hydrogens is 414 g/mol. The zero-order valence-corrected chi connectivity index (χ0v) is 18.8. The molecule has 2 atom stereocenters. The van der Waals surface area contributed by atoms with Gasteiger partial charge in [0, 0.05) is 40.4 Å². The molecule has 2 aliphatic rings. The van der Waals surface area contributed by atoms with Crippen molar-refractivity contribution in [2.45, 2.75) is 52.5 Å². The molecule has 0 N–H and O–H groups in total. The van der Waals surface area contributed by atoms with Crippen LogP contribution in [0.25, 0.3) is 0 Å². The van der Waals surface area contributed by atoms with Crippen LogP contribution in [0.2, 0.25) is 5.02 Å². The van der Waals surface area contributed by atoms with E-state index >= 15 is 0 Å². The first-order valence-corrected chi connectivity index (χ1v) is 11.4. The van der Waals surface area contributed by atoms with Crippen LogP contribution in [0.4, 0.5) is 0 Å². The summed E-state index contributed by atoms with van der Waals surface area (Å²) in [4.78, 5) is 37.7. The van der Waals surface area contributed by atoms with Crippen LogP contribution in [0.3, 0.4) is 0 Å². The fourth-order valence-electron chi connectivity index (χ4n) is 5.13. The van der Waals surface area contributed by atoms with Crippen molar-refractivity contribution in [3.8, 4) is 0 Å². The third kappa shape index (κ3) is 4.47. The Hall–Kier alpha value is -2.40. The van der Waals surface area contributed by atoms with E-state index in [1.165, 1.54) is 0 Å². The van der Waals surface area contributed by atoms with Crippen LogP contribution < -0.4 is 0 Å². The van der Waals surface area contributed by atoms with Gasteiger partial charge in [0.25, 0.3) is 0 Å². The molecule has 2 bridgehead atoms. The van der Waals surface area contributed by atoms with Gasteiger partial charge in [-0.25, -0.2) is 0 Å². The van der Waals surface area contributed by atoms with Crippen molar-refractivity contribution in [1.82, 2.24) is 4.57 Å². The summed E-state index contributed by atoms with van der Waals surface area (Å²) in [5.74, 6) is -0.527. The van der Waals surface area contributed by atoms with Gasteiger partial charge in [0.15, 0.2) is 6.61 Å². The molecule has 0 unspecified atom stereocenters. The van der Waals surface area contributed by atoms with Crippen molar-refractivity contribution in [3.05, 3.63) is 57.9 Å². The number of hydrogen-bond acceptors (Lipinski definition) is 4. The van der Waals surface area contributed by atoms with E-state index in [-0.39, 0.29) is 36.1 Å². The minimum absolute atomic E-state index is 0.00973. The number of carbonyl (C=O) groups excluding carboxylic acids is 3. The number of halogens is 1. The van der Waals surface area contributed by atoms with E-state index in [1.54, 1.807) is 0 Å². The van der Waals surface area contributed by atoms with E-state index in [0.29, 0.717) is 35.8 Å². The quantitative estimate of drug-likeness (QED) is 0.471. The van der Waals surface area contributed by atoms with Crippen LogP contribution in [0, 0.1) is 31.6 Å². The lowest BCUT2D eigenvalue weighted by Crippen LogP contribution is -2.39. The number of fused-ring (bicyclic) bond motifs is 2. The number of esters is 1. The molecule has 0 aliphatic heterocycles. The average Bonchev–Trinajstić information content (AvgIpc) is 3.01. The Morgan fingerprint density at radius 3 is 2.48 bits per heavy atom. The standard InChI is InChI=1S/C25H28ClNO4/c1-15-10-21(16(2)27(15)13-19-6-3-4-9-22(19)26)23(28)14-31-25(30)20-11-17-7-5-8-18(12-20)24(17)29/h3-4,6,9-10,17-18,20H,5,7-8,11-14H2,1-2H3/t17-,18-/m1/s1. The van der Waals surface area contributed by atoms with Gasteiger partial charge in [0.2, 0.25) is 5.78 Å². The second-order valence-corrected chi connectivity index (χ2v) is 9.30. The Kier molecular flexibility index (Phi) is 6.33. The molecular formula is C25H28ClNO4. The molecule has 2 aliphatic carbocycles. The summed E-state index contributed by atoms with van der Waals surface area (Å²) in [6, 6.07) is 9.48. The highest BCUT2D eigenvalue weighted by Gasteiger charge is 2.41. The maximum Gasteiger partial charge on any atom is 0.309 e. The number of hydrogen-bond donors (Lipinski definition) is 0. The third-order valence-electron chi connectivity index (χ3n) is 6.89. The summed E-state index contributed by atoms with van der Waals surface area (Å²) in [7, 11) is 0. The van der Waals surface area contributed by atoms with Gasteiger partial charge < -0.3 is 9.30 Å². The summed E-state index contributed by atoms with van der Waals surface area (Å²) in [6.07, 6.45) is 3.93. The van der Waals surface area contributed by atoms with E-state index in [4.69, 9.17) is 16.3 Å². The second-order valence-electron chi connectivity index (χ2n) is 8.89. The molecule has 1 aromatic heterocycles. The monoisotopic (exact) mass is 441 g/mol. The number of aromatic nitrogens is 1. The van der Waals surface area contributed by atoms with E-state index < -0.39 is 0 Å². The molecule has 4 rings (SSSR count). The molecule has 2 fully saturated rings. The van der Waals surface area contributed by atoms with Gasteiger partial charge in [-0.2, -0.15) is 0 Å². The summed E-state index contributed by atoms with van der Waals surface area (Å²) in [5.41, 5.74) is 3.32. The number of benzene rings is 1. The molecule has 0 saturated heterocycles. The SMILES string of the molecule is Cc1cc(C(=O)COC(=O)C2C[C@H]3CCC[C@H](C2)C3=O)c(C)n1Cc1ccccc1Cl. The summed E-state index contributed by atoms with van der Waals surface area (Å²) < 4.78 is 7.46. The van der Waals surface area contributed by atoms with Crippen molar-refractivity contribution in [1.29, 1.82) is 0 Å². The van der Waals surface area contributed by atoms with Gasteiger partial charge in [0.05, 0.1) is 5.92 Å². The summed E-state index contributed by atoms with van der Waals surface area (Å²) in [6.45, 7) is 4.15. The average molecular weight is 442 g/mol. The lowest BCUT2D eigenvalue weighted by Gasteiger charge is -2.36. The molecule has 164 valence electrons. The number of nitrogens with zero attached hydrogens (tertiary/aromatic N) is 1. The van der Waals surface area contributed by atoms with Crippen molar-refractivity contribution in [2.75, 3.05) is 6.61 Å². The smallest absolute Gasteiger partial charge is 0.309 e. The maximum atomic E-state index is 12.8. The topological polar surface area (TPSA) is 65.4 Å². The highest BCUT2D eigenvalue weighted by Crippen LogP contribution is 2.40. The van der Waals surface area contributed by atoms with Crippen LogP contribution in [-0.4, -0.2) is 28.7 Å². The molecule has 1 aromatic carbocycles. The van der Waals surface area contributed by atoms with Crippen molar-refractivity contribution < 1.29 is 19.1 Å².